The van der Waals surface area contributed by atoms with Crippen LogP contribution in [0.4, 0.5) is 0 Å². The molecule has 0 aromatic heterocycles. The Morgan fingerprint density at radius 3 is 2.85 bits per heavy atom. The lowest BCUT2D eigenvalue weighted by atomic mass is 10.1. The van der Waals surface area contributed by atoms with Gasteiger partial charge in [-0.25, -0.2) is 0 Å². The van der Waals surface area contributed by atoms with Gasteiger partial charge in [0.25, 0.3) is 0 Å². The first-order valence-corrected chi connectivity index (χ1v) is 4.98. The number of hydrogen-bond donors (Lipinski definition) is 1. The summed E-state index contributed by atoms with van der Waals surface area (Å²) in [7, 11) is 1.64. The molecular weight excluding hydrogens is 277 g/mol. The Kier molecular flexibility index (Phi) is 3.74. The Balaban J connectivity index is 3.14. The van der Waals surface area contributed by atoms with Gasteiger partial charge >= 0.3 is 0 Å². The molecule has 13 heavy (non-hydrogen) atoms. The van der Waals surface area contributed by atoms with Gasteiger partial charge in [-0.15, -0.1) is 6.58 Å². The predicted molar refractivity (Wildman–Crippen MR) is 62.8 cm³/mol. The van der Waals surface area contributed by atoms with Gasteiger partial charge in [-0.05, 0) is 40.8 Å². The number of halogens is 1. The fourth-order valence-electron chi connectivity index (χ4n) is 1.09. The molecule has 2 nitrogen and oxygen atoms in total. The van der Waals surface area contributed by atoms with E-state index < -0.39 is 0 Å². The van der Waals surface area contributed by atoms with E-state index in [0.717, 1.165) is 14.9 Å². The van der Waals surface area contributed by atoms with Crippen LogP contribution in [-0.2, 0) is 0 Å². The van der Waals surface area contributed by atoms with Crippen LogP contribution in [0, 0.1) is 3.57 Å². The molecule has 0 radical (unpaired) electrons. The fourth-order valence-corrected chi connectivity index (χ4v) is 1.61. The molecule has 0 amide bonds. The number of hydrogen-bond acceptors (Lipinski definition) is 2. The van der Waals surface area contributed by atoms with Crippen molar-refractivity contribution in [1.82, 2.24) is 0 Å². The number of methoxy groups -OCH3 is 1. The Bertz CT molecular complexity index is 312. The summed E-state index contributed by atoms with van der Waals surface area (Å²) in [4.78, 5) is 0. The molecule has 0 aliphatic heterocycles. The Hall–Kier alpha value is -0.550. The fraction of sp³-hybridized carbons (Fsp3) is 0.200. The summed E-state index contributed by atoms with van der Waals surface area (Å²) in [5.41, 5.74) is 6.81. The molecule has 3 heteroatoms. The van der Waals surface area contributed by atoms with E-state index in [1.54, 1.807) is 13.2 Å². The molecule has 1 aromatic carbocycles. The van der Waals surface area contributed by atoms with Crippen molar-refractivity contribution in [2.24, 2.45) is 5.73 Å². The third kappa shape index (κ3) is 2.45. The van der Waals surface area contributed by atoms with E-state index in [4.69, 9.17) is 10.5 Å². The first kappa shape index (κ1) is 10.5. The van der Waals surface area contributed by atoms with Gasteiger partial charge in [0.2, 0.25) is 0 Å². The zero-order valence-corrected chi connectivity index (χ0v) is 9.61. The summed E-state index contributed by atoms with van der Waals surface area (Å²) in [6, 6.07) is 5.75. The van der Waals surface area contributed by atoms with Crippen LogP contribution in [-0.4, -0.2) is 7.11 Å². The van der Waals surface area contributed by atoms with Crippen LogP contribution in [0.15, 0.2) is 30.9 Å². The van der Waals surface area contributed by atoms with Crippen molar-refractivity contribution < 1.29 is 4.74 Å². The average Bonchev–Trinajstić information content (AvgIpc) is 2.16. The van der Waals surface area contributed by atoms with Gasteiger partial charge in [-0.3, -0.25) is 0 Å². The number of rotatable bonds is 3. The molecule has 0 fully saturated rings. The molecule has 0 spiro atoms. The maximum Gasteiger partial charge on any atom is 0.124 e. The van der Waals surface area contributed by atoms with Crippen molar-refractivity contribution in [3.8, 4) is 5.75 Å². The largest absolute Gasteiger partial charge is 0.496 e. The molecule has 0 aliphatic carbocycles. The van der Waals surface area contributed by atoms with E-state index in [-0.39, 0.29) is 6.04 Å². The highest BCUT2D eigenvalue weighted by molar-refractivity contribution is 14.1. The highest BCUT2D eigenvalue weighted by atomic mass is 127. The lowest BCUT2D eigenvalue weighted by Gasteiger charge is -2.12. The van der Waals surface area contributed by atoms with E-state index in [0.29, 0.717) is 0 Å². The van der Waals surface area contributed by atoms with Crippen LogP contribution in [0.3, 0.4) is 0 Å². The van der Waals surface area contributed by atoms with Gasteiger partial charge in [0.05, 0.1) is 13.2 Å². The molecule has 2 N–H and O–H groups in total. The Morgan fingerprint density at radius 2 is 2.31 bits per heavy atom. The topological polar surface area (TPSA) is 35.2 Å². The van der Waals surface area contributed by atoms with Gasteiger partial charge in [0, 0.05) is 9.13 Å². The Labute approximate surface area is 91.9 Å². The van der Waals surface area contributed by atoms with Gasteiger partial charge in [-0.1, -0.05) is 6.08 Å². The Morgan fingerprint density at radius 1 is 1.62 bits per heavy atom. The lowest BCUT2D eigenvalue weighted by molar-refractivity contribution is 0.408. The van der Waals surface area contributed by atoms with Gasteiger partial charge in [0.15, 0.2) is 0 Å². The second-order valence-corrected chi connectivity index (χ2v) is 3.89. The van der Waals surface area contributed by atoms with Crippen molar-refractivity contribution in [1.29, 1.82) is 0 Å². The molecule has 0 saturated carbocycles. The van der Waals surface area contributed by atoms with E-state index in [9.17, 15) is 0 Å². The first-order chi connectivity index (χ1) is 6.19. The SMILES string of the molecule is C=CC(N)c1cc(I)ccc1OC. The molecule has 70 valence electrons. The number of nitrogens with two attached hydrogens (primary N) is 1. The molecule has 1 unspecified atom stereocenters. The zero-order chi connectivity index (χ0) is 9.84. The minimum absolute atomic E-state index is 0.162. The first-order valence-electron chi connectivity index (χ1n) is 3.90. The summed E-state index contributed by atoms with van der Waals surface area (Å²) in [6.07, 6.45) is 1.70. The third-order valence-corrected chi connectivity index (χ3v) is 2.48. The van der Waals surface area contributed by atoms with Crippen molar-refractivity contribution >= 4 is 22.6 Å². The standard InChI is InChI=1S/C10H12INO/c1-3-9(12)8-6-7(11)4-5-10(8)13-2/h3-6,9H,1,12H2,2H3. The van der Waals surface area contributed by atoms with Crippen molar-refractivity contribution in [2.45, 2.75) is 6.04 Å². The number of ether oxygens (including phenoxy) is 1. The van der Waals surface area contributed by atoms with Crippen LogP contribution < -0.4 is 10.5 Å². The van der Waals surface area contributed by atoms with Crippen molar-refractivity contribution in [3.63, 3.8) is 0 Å². The summed E-state index contributed by atoms with van der Waals surface area (Å²) >= 11 is 2.24. The summed E-state index contributed by atoms with van der Waals surface area (Å²) < 4.78 is 6.34. The second kappa shape index (κ2) is 4.62. The van der Waals surface area contributed by atoms with Crippen LogP contribution >= 0.6 is 22.6 Å². The van der Waals surface area contributed by atoms with Gasteiger partial charge < -0.3 is 10.5 Å². The average molecular weight is 289 g/mol. The summed E-state index contributed by atoms with van der Waals surface area (Å²) in [5.74, 6) is 0.813. The minimum Gasteiger partial charge on any atom is -0.496 e. The quantitative estimate of drug-likeness (QED) is 0.685. The zero-order valence-electron chi connectivity index (χ0n) is 7.46. The van der Waals surface area contributed by atoms with Gasteiger partial charge in [0.1, 0.15) is 5.75 Å². The minimum atomic E-state index is -0.162. The van der Waals surface area contributed by atoms with E-state index in [2.05, 4.69) is 29.2 Å². The van der Waals surface area contributed by atoms with E-state index in [1.807, 2.05) is 18.2 Å². The third-order valence-electron chi connectivity index (χ3n) is 1.80. The molecular formula is C10H12INO. The van der Waals surface area contributed by atoms with Gasteiger partial charge in [-0.2, -0.15) is 0 Å². The monoisotopic (exact) mass is 289 g/mol. The van der Waals surface area contributed by atoms with Crippen molar-refractivity contribution in [2.75, 3.05) is 7.11 Å². The second-order valence-electron chi connectivity index (χ2n) is 2.65. The maximum absolute atomic E-state index is 5.84. The van der Waals surface area contributed by atoms with Crippen molar-refractivity contribution in [3.05, 3.63) is 40.0 Å². The summed E-state index contributed by atoms with van der Waals surface area (Å²) in [6.45, 7) is 3.66. The summed E-state index contributed by atoms with van der Waals surface area (Å²) in [5, 5.41) is 0. The van der Waals surface area contributed by atoms with E-state index in [1.165, 1.54) is 0 Å². The molecule has 1 rings (SSSR count). The molecule has 1 atom stereocenters. The van der Waals surface area contributed by atoms with Crippen LogP contribution in [0.25, 0.3) is 0 Å². The lowest BCUT2D eigenvalue weighted by Crippen LogP contribution is -2.08. The normalized spacial score (nSPS) is 12.2. The van der Waals surface area contributed by atoms with Crippen LogP contribution in [0.5, 0.6) is 5.75 Å². The molecule has 0 aliphatic rings. The number of benzene rings is 1. The van der Waals surface area contributed by atoms with Crippen LogP contribution in [0.1, 0.15) is 11.6 Å². The van der Waals surface area contributed by atoms with E-state index >= 15 is 0 Å². The smallest absolute Gasteiger partial charge is 0.124 e. The highest BCUT2D eigenvalue weighted by Gasteiger charge is 2.08. The van der Waals surface area contributed by atoms with Crippen LogP contribution in [0.2, 0.25) is 0 Å². The molecule has 0 heterocycles. The molecule has 0 bridgehead atoms. The predicted octanol–water partition coefficient (Wildman–Crippen LogP) is 2.49. The highest BCUT2D eigenvalue weighted by Crippen LogP contribution is 2.25. The molecule has 0 saturated heterocycles. The molecule has 1 aromatic rings. The maximum atomic E-state index is 5.84.